The van der Waals surface area contributed by atoms with Gasteiger partial charge in [-0.3, -0.25) is 0 Å². The van der Waals surface area contributed by atoms with Gasteiger partial charge >= 0.3 is 6.36 Å². The van der Waals surface area contributed by atoms with Crippen LogP contribution in [0.2, 0.25) is 0 Å². The Morgan fingerprint density at radius 1 is 0.828 bits per heavy atom. The highest BCUT2D eigenvalue weighted by Gasteiger charge is 2.31. The Hall–Kier alpha value is -3.93. The van der Waals surface area contributed by atoms with Crippen molar-refractivity contribution in [3.8, 4) is 40.8 Å². The Morgan fingerprint density at radius 3 is 2.00 bits per heavy atom. The van der Waals surface area contributed by atoms with Crippen LogP contribution >= 0.6 is 0 Å². The highest BCUT2D eigenvalue weighted by molar-refractivity contribution is 5.42. The number of methoxy groups -OCH3 is 1. The molecule has 0 unspecified atom stereocenters. The molecule has 0 saturated heterocycles. The van der Waals surface area contributed by atoms with Crippen LogP contribution in [0.15, 0.2) is 60.7 Å². The molecule has 0 aliphatic rings. The summed E-state index contributed by atoms with van der Waals surface area (Å²) in [4.78, 5) is 4.13. The van der Waals surface area contributed by atoms with Crippen molar-refractivity contribution in [2.24, 2.45) is 0 Å². The van der Waals surface area contributed by atoms with Crippen LogP contribution in [0, 0.1) is 11.3 Å². The van der Waals surface area contributed by atoms with Gasteiger partial charge in [-0.05, 0) is 36.4 Å². The zero-order valence-corrected chi connectivity index (χ0v) is 14.9. The number of ether oxygens (including phenoxy) is 4. The van der Waals surface area contributed by atoms with Crippen molar-refractivity contribution in [1.29, 1.82) is 5.26 Å². The smallest absolute Gasteiger partial charge is 0.497 e. The first kappa shape index (κ1) is 19.8. The SMILES string of the molecule is COc1ccc(Oc2cc(C#N)cc(Oc3cccc(OC(F)(F)F)c3)n2)cc1. The summed E-state index contributed by atoms with van der Waals surface area (Å²) < 4.78 is 57.1. The van der Waals surface area contributed by atoms with E-state index in [9.17, 15) is 18.4 Å². The zero-order chi connectivity index (χ0) is 20.9. The number of rotatable bonds is 6. The van der Waals surface area contributed by atoms with Crippen molar-refractivity contribution in [3.63, 3.8) is 0 Å². The third-order valence-electron chi connectivity index (χ3n) is 3.45. The number of hydrogen-bond acceptors (Lipinski definition) is 6. The molecular formula is C20H13F3N2O4. The molecule has 1 heterocycles. The van der Waals surface area contributed by atoms with Gasteiger partial charge in [-0.1, -0.05) is 6.07 Å². The molecule has 9 heteroatoms. The molecule has 6 nitrogen and oxygen atoms in total. The van der Waals surface area contributed by atoms with Gasteiger partial charge in [-0.2, -0.15) is 10.2 Å². The zero-order valence-electron chi connectivity index (χ0n) is 14.9. The molecule has 0 aliphatic heterocycles. The standard InChI is InChI=1S/C20H13F3N2O4/c1-26-14-5-7-15(8-6-14)27-18-9-13(12-24)10-19(25-18)28-16-3-2-4-17(11-16)29-20(21,22)23/h2-11H,1H3. The maximum atomic E-state index is 12.4. The average molecular weight is 402 g/mol. The van der Waals surface area contributed by atoms with E-state index in [2.05, 4.69) is 9.72 Å². The summed E-state index contributed by atoms with van der Waals surface area (Å²) in [5, 5.41) is 9.21. The average Bonchev–Trinajstić information content (AvgIpc) is 2.67. The lowest BCUT2D eigenvalue weighted by Crippen LogP contribution is -2.17. The summed E-state index contributed by atoms with van der Waals surface area (Å²) in [5.74, 6) is 0.732. The molecule has 29 heavy (non-hydrogen) atoms. The Kier molecular flexibility index (Phi) is 5.74. The van der Waals surface area contributed by atoms with Crippen molar-refractivity contribution in [3.05, 3.63) is 66.2 Å². The molecule has 3 aromatic rings. The van der Waals surface area contributed by atoms with E-state index in [1.807, 2.05) is 6.07 Å². The summed E-state index contributed by atoms with van der Waals surface area (Å²) in [6.45, 7) is 0. The summed E-state index contributed by atoms with van der Waals surface area (Å²) in [5.41, 5.74) is 0.196. The molecule has 0 amide bonds. The van der Waals surface area contributed by atoms with Crippen molar-refractivity contribution in [1.82, 2.24) is 4.98 Å². The number of aromatic nitrogens is 1. The lowest BCUT2D eigenvalue weighted by molar-refractivity contribution is -0.274. The maximum absolute atomic E-state index is 12.4. The second kappa shape index (κ2) is 8.39. The van der Waals surface area contributed by atoms with Crippen LogP contribution in [0.5, 0.6) is 34.8 Å². The van der Waals surface area contributed by atoms with E-state index < -0.39 is 12.1 Å². The molecule has 0 spiro atoms. The van der Waals surface area contributed by atoms with Gasteiger partial charge in [0.05, 0.1) is 18.7 Å². The predicted octanol–water partition coefficient (Wildman–Crippen LogP) is 5.45. The first-order chi connectivity index (χ1) is 13.8. The fourth-order valence-corrected chi connectivity index (χ4v) is 2.27. The Labute approximate surface area is 163 Å². The monoisotopic (exact) mass is 402 g/mol. The van der Waals surface area contributed by atoms with Crippen molar-refractivity contribution >= 4 is 0 Å². The quantitative estimate of drug-likeness (QED) is 0.546. The van der Waals surface area contributed by atoms with Gasteiger partial charge in [0.25, 0.3) is 0 Å². The molecular weight excluding hydrogens is 389 g/mol. The topological polar surface area (TPSA) is 73.6 Å². The molecule has 1 aromatic heterocycles. The molecule has 0 saturated carbocycles. The van der Waals surface area contributed by atoms with Gasteiger partial charge in [-0.25, -0.2) is 0 Å². The predicted molar refractivity (Wildman–Crippen MR) is 95.2 cm³/mol. The van der Waals surface area contributed by atoms with Gasteiger partial charge < -0.3 is 18.9 Å². The minimum absolute atomic E-state index is 0.0308. The lowest BCUT2D eigenvalue weighted by atomic mass is 10.3. The number of nitrogens with zero attached hydrogens (tertiary/aromatic N) is 2. The molecule has 148 valence electrons. The summed E-state index contributed by atoms with van der Waals surface area (Å²) in [6.07, 6.45) is -4.82. The van der Waals surface area contributed by atoms with Crippen molar-refractivity contribution in [2.75, 3.05) is 7.11 Å². The third-order valence-corrected chi connectivity index (χ3v) is 3.45. The maximum Gasteiger partial charge on any atom is 0.573 e. The number of hydrogen-bond donors (Lipinski definition) is 0. The van der Waals surface area contributed by atoms with Crippen LogP contribution in [0.1, 0.15) is 5.56 Å². The van der Waals surface area contributed by atoms with E-state index in [-0.39, 0.29) is 23.1 Å². The minimum Gasteiger partial charge on any atom is -0.497 e. The van der Waals surface area contributed by atoms with E-state index in [4.69, 9.17) is 14.2 Å². The number of pyridine rings is 1. The first-order valence-corrected chi connectivity index (χ1v) is 8.12. The highest BCUT2D eigenvalue weighted by atomic mass is 19.4. The van der Waals surface area contributed by atoms with E-state index in [1.165, 1.54) is 31.4 Å². The van der Waals surface area contributed by atoms with Crippen LogP contribution in [0.3, 0.4) is 0 Å². The summed E-state index contributed by atoms with van der Waals surface area (Å²) in [7, 11) is 1.53. The normalized spacial score (nSPS) is 10.7. The molecule has 0 bridgehead atoms. The fourth-order valence-electron chi connectivity index (χ4n) is 2.27. The largest absolute Gasteiger partial charge is 0.573 e. The number of nitriles is 1. The van der Waals surface area contributed by atoms with Crippen LogP contribution in [0.25, 0.3) is 0 Å². The fraction of sp³-hybridized carbons (Fsp3) is 0.100. The molecule has 2 aromatic carbocycles. The summed E-state index contributed by atoms with van der Waals surface area (Å²) in [6, 6.07) is 16.3. The van der Waals surface area contributed by atoms with Crippen LogP contribution in [0.4, 0.5) is 13.2 Å². The molecule has 0 N–H and O–H groups in total. The first-order valence-electron chi connectivity index (χ1n) is 8.12. The van der Waals surface area contributed by atoms with Crippen LogP contribution in [-0.4, -0.2) is 18.5 Å². The minimum atomic E-state index is -4.82. The molecule has 0 radical (unpaired) electrons. The number of alkyl halides is 3. The molecule has 3 rings (SSSR count). The summed E-state index contributed by atoms with van der Waals surface area (Å²) >= 11 is 0. The van der Waals surface area contributed by atoms with Gasteiger partial charge in [0.15, 0.2) is 0 Å². The molecule has 0 aliphatic carbocycles. The van der Waals surface area contributed by atoms with E-state index in [0.717, 1.165) is 12.1 Å². The highest BCUT2D eigenvalue weighted by Crippen LogP contribution is 2.30. The van der Waals surface area contributed by atoms with Crippen LogP contribution in [-0.2, 0) is 0 Å². The lowest BCUT2D eigenvalue weighted by Gasteiger charge is -2.11. The second-order valence-corrected chi connectivity index (χ2v) is 5.55. The Bertz CT molecular complexity index is 1030. The van der Waals surface area contributed by atoms with Gasteiger partial charge in [-0.15, -0.1) is 13.2 Å². The third kappa shape index (κ3) is 5.77. The van der Waals surface area contributed by atoms with E-state index >= 15 is 0 Å². The second-order valence-electron chi connectivity index (χ2n) is 5.55. The number of halogens is 3. The van der Waals surface area contributed by atoms with Crippen LogP contribution < -0.4 is 18.9 Å². The van der Waals surface area contributed by atoms with Crippen molar-refractivity contribution < 1.29 is 32.1 Å². The van der Waals surface area contributed by atoms with E-state index in [0.29, 0.717) is 11.5 Å². The van der Waals surface area contributed by atoms with E-state index in [1.54, 1.807) is 24.3 Å². The Balaban J connectivity index is 1.82. The van der Waals surface area contributed by atoms with Gasteiger partial charge in [0, 0.05) is 18.2 Å². The Morgan fingerprint density at radius 2 is 1.41 bits per heavy atom. The van der Waals surface area contributed by atoms with Crippen molar-refractivity contribution in [2.45, 2.75) is 6.36 Å². The van der Waals surface area contributed by atoms with Gasteiger partial charge in [0.2, 0.25) is 11.8 Å². The molecule has 0 fully saturated rings. The number of benzene rings is 2. The molecule has 0 atom stereocenters. The van der Waals surface area contributed by atoms with Gasteiger partial charge in [0.1, 0.15) is 23.0 Å².